The third kappa shape index (κ3) is 3.56. The van der Waals surface area contributed by atoms with E-state index in [4.69, 9.17) is 4.74 Å². The van der Waals surface area contributed by atoms with E-state index in [-0.39, 0.29) is 0 Å². The maximum Gasteiger partial charge on any atom is 0.0586 e. The van der Waals surface area contributed by atoms with Crippen molar-refractivity contribution in [3.63, 3.8) is 0 Å². The predicted octanol–water partition coefficient (Wildman–Crippen LogP) is 3.60. The van der Waals surface area contributed by atoms with E-state index < -0.39 is 0 Å². The van der Waals surface area contributed by atoms with E-state index in [1.807, 2.05) is 7.11 Å². The van der Waals surface area contributed by atoms with Gasteiger partial charge < -0.3 is 10.1 Å². The third-order valence-electron chi connectivity index (χ3n) is 3.99. The zero-order valence-corrected chi connectivity index (χ0v) is 11.8. The Hall–Kier alpha value is -0.860. The second-order valence-electron chi connectivity index (χ2n) is 5.52. The molecule has 0 heterocycles. The molecule has 0 aromatic heterocycles. The maximum atomic E-state index is 5.49. The molecule has 1 aliphatic carbocycles. The normalized spacial score (nSPS) is 25.9. The van der Waals surface area contributed by atoms with Gasteiger partial charge in [-0.3, -0.25) is 0 Å². The number of aryl methyl sites for hydroxylation is 1. The Morgan fingerprint density at radius 3 is 2.89 bits per heavy atom. The lowest BCUT2D eigenvalue weighted by atomic mass is 9.91. The summed E-state index contributed by atoms with van der Waals surface area (Å²) in [6, 6.07) is 9.79. The van der Waals surface area contributed by atoms with Gasteiger partial charge in [0, 0.05) is 19.2 Å². The molecule has 2 rings (SSSR count). The van der Waals surface area contributed by atoms with Crippen molar-refractivity contribution in [1.82, 2.24) is 5.32 Å². The van der Waals surface area contributed by atoms with Crippen molar-refractivity contribution < 1.29 is 4.74 Å². The fourth-order valence-corrected chi connectivity index (χ4v) is 2.90. The lowest BCUT2D eigenvalue weighted by molar-refractivity contribution is 0.0572. The first-order valence-electron chi connectivity index (χ1n) is 7.04. The Morgan fingerprint density at radius 2 is 2.17 bits per heavy atom. The molecular weight excluding hydrogens is 222 g/mol. The number of rotatable bonds is 4. The molecule has 1 aliphatic rings. The molecule has 18 heavy (non-hydrogen) atoms. The SMILES string of the molecule is COC1CCCC(N[C@@H](C)c2cccc(C)c2)C1. The van der Waals surface area contributed by atoms with Gasteiger partial charge in [0.1, 0.15) is 0 Å². The first-order chi connectivity index (χ1) is 8.69. The molecule has 100 valence electrons. The van der Waals surface area contributed by atoms with Gasteiger partial charge in [-0.1, -0.05) is 29.8 Å². The van der Waals surface area contributed by atoms with E-state index in [0.29, 0.717) is 18.2 Å². The lowest BCUT2D eigenvalue weighted by Crippen LogP contribution is -2.38. The van der Waals surface area contributed by atoms with Crippen LogP contribution in [0.25, 0.3) is 0 Å². The summed E-state index contributed by atoms with van der Waals surface area (Å²) >= 11 is 0. The summed E-state index contributed by atoms with van der Waals surface area (Å²) in [5.74, 6) is 0. The molecule has 1 aromatic carbocycles. The molecule has 0 amide bonds. The van der Waals surface area contributed by atoms with E-state index in [1.165, 1.54) is 30.4 Å². The molecular formula is C16H25NO. The molecule has 0 bridgehead atoms. The minimum atomic E-state index is 0.422. The van der Waals surface area contributed by atoms with Gasteiger partial charge in [-0.2, -0.15) is 0 Å². The van der Waals surface area contributed by atoms with Crippen LogP contribution in [0.15, 0.2) is 24.3 Å². The standard InChI is InChI=1S/C16H25NO/c1-12-6-4-7-14(10-12)13(2)17-15-8-5-9-16(11-15)18-3/h4,6-7,10,13,15-17H,5,8-9,11H2,1-3H3/t13-,15?,16?/m0/s1. The van der Waals surface area contributed by atoms with Gasteiger partial charge in [0.2, 0.25) is 0 Å². The topological polar surface area (TPSA) is 21.3 Å². The van der Waals surface area contributed by atoms with Crippen molar-refractivity contribution in [2.24, 2.45) is 0 Å². The van der Waals surface area contributed by atoms with Crippen LogP contribution in [0.1, 0.15) is 49.8 Å². The highest BCUT2D eigenvalue weighted by Gasteiger charge is 2.22. The fraction of sp³-hybridized carbons (Fsp3) is 0.625. The first-order valence-corrected chi connectivity index (χ1v) is 7.04. The Kier molecular flexibility index (Phi) is 4.79. The van der Waals surface area contributed by atoms with Crippen molar-refractivity contribution in [3.05, 3.63) is 35.4 Å². The molecule has 0 spiro atoms. The zero-order valence-electron chi connectivity index (χ0n) is 11.8. The summed E-state index contributed by atoms with van der Waals surface area (Å²) in [4.78, 5) is 0. The van der Waals surface area contributed by atoms with Crippen LogP contribution in [-0.2, 0) is 4.74 Å². The quantitative estimate of drug-likeness (QED) is 0.877. The van der Waals surface area contributed by atoms with E-state index >= 15 is 0 Å². The summed E-state index contributed by atoms with van der Waals surface area (Å²) < 4.78 is 5.49. The van der Waals surface area contributed by atoms with Gasteiger partial charge in [0.25, 0.3) is 0 Å². The van der Waals surface area contributed by atoms with Gasteiger partial charge in [0.15, 0.2) is 0 Å². The molecule has 2 nitrogen and oxygen atoms in total. The van der Waals surface area contributed by atoms with Gasteiger partial charge in [-0.15, -0.1) is 0 Å². The summed E-state index contributed by atoms with van der Waals surface area (Å²) in [6.07, 6.45) is 5.35. The molecule has 0 saturated heterocycles. The lowest BCUT2D eigenvalue weighted by Gasteiger charge is -2.31. The number of nitrogens with one attached hydrogen (secondary N) is 1. The second kappa shape index (κ2) is 6.35. The molecule has 1 aromatic rings. The second-order valence-corrected chi connectivity index (χ2v) is 5.52. The number of ether oxygens (including phenoxy) is 1. The maximum absolute atomic E-state index is 5.49. The average molecular weight is 247 g/mol. The Balaban J connectivity index is 1.92. The summed E-state index contributed by atoms with van der Waals surface area (Å²) in [5, 5.41) is 3.75. The number of methoxy groups -OCH3 is 1. The van der Waals surface area contributed by atoms with Crippen LogP contribution in [0.5, 0.6) is 0 Å². The van der Waals surface area contributed by atoms with Crippen molar-refractivity contribution in [2.75, 3.05) is 7.11 Å². The largest absolute Gasteiger partial charge is 0.381 e. The smallest absolute Gasteiger partial charge is 0.0586 e. The van der Waals surface area contributed by atoms with Crippen molar-refractivity contribution in [2.45, 2.75) is 57.7 Å². The van der Waals surface area contributed by atoms with E-state index in [9.17, 15) is 0 Å². The van der Waals surface area contributed by atoms with Crippen LogP contribution in [0.3, 0.4) is 0 Å². The Labute approximate surface area is 111 Å². The molecule has 3 atom stereocenters. The number of hydrogen-bond acceptors (Lipinski definition) is 2. The Morgan fingerprint density at radius 1 is 1.33 bits per heavy atom. The average Bonchev–Trinajstić information content (AvgIpc) is 2.39. The van der Waals surface area contributed by atoms with Crippen molar-refractivity contribution >= 4 is 0 Å². The van der Waals surface area contributed by atoms with Crippen molar-refractivity contribution in [1.29, 1.82) is 0 Å². The van der Waals surface area contributed by atoms with Crippen LogP contribution in [0.2, 0.25) is 0 Å². The van der Waals surface area contributed by atoms with Gasteiger partial charge in [-0.05, 0) is 45.1 Å². The highest BCUT2D eigenvalue weighted by atomic mass is 16.5. The minimum absolute atomic E-state index is 0.422. The summed E-state index contributed by atoms with van der Waals surface area (Å²) in [7, 11) is 1.83. The molecule has 1 saturated carbocycles. The monoisotopic (exact) mass is 247 g/mol. The molecule has 0 radical (unpaired) electrons. The minimum Gasteiger partial charge on any atom is -0.381 e. The number of hydrogen-bond donors (Lipinski definition) is 1. The van der Waals surface area contributed by atoms with Gasteiger partial charge in [-0.25, -0.2) is 0 Å². The molecule has 1 N–H and O–H groups in total. The number of benzene rings is 1. The van der Waals surface area contributed by atoms with Crippen LogP contribution in [0.4, 0.5) is 0 Å². The van der Waals surface area contributed by atoms with Crippen LogP contribution in [-0.4, -0.2) is 19.3 Å². The van der Waals surface area contributed by atoms with E-state index in [0.717, 1.165) is 6.42 Å². The predicted molar refractivity (Wildman–Crippen MR) is 75.8 cm³/mol. The molecule has 2 unspecified atom stereocenters. The Bertz CT molecular complexity index is 377. The molecule has 0 aliphatic heterocycles. The van der Waals surface area contributed by atoms with Gasteiger partial charge >= 0.3 is 0 Å². The first kappa shape index (κ1) is 13.6. The fourth-order valence-electron chi connectivity index (χ4n) is 2.90. The van der Waals surface area contributed by atoms with Crippen molar-refractivity contribution in [3.8, 4) is 0 Å². The molecule has 2 heteroatoms. The summed E-state index contributed by atoms with van der Waals surface area (Å²) in [6.45, 7) is 4.41. The summed E-state index contributed by atoms with van der Waals surface area (Å²) in [5.41, 5.74) is 2.72. The molecule has 1 fully saturated rings. The van der Waals surface area contributed by atoms with Crippen LogP contribution < -0.4 is 5.32 Å². The van der Waals surface area contributed by atoms with E-state index in [1.54, 1.807) is 0 Å². The zero-order chi connectivity index (χ0) is 13.0. The third-order valence-corrected chi connectivity index (χ3v) is 3.99. The van der Waals surface area contributed by atoms with Gasteiger partial charge in [0.05, 0.1) is 6.10 Å². The highest BCUT2D eigenvalue weighted by molar-refractivity contribution is 5.24. The van der Waals surface area contributed by atoms with Crippen LogP contribution >= 0.6 is 0 Å². The van der Waals surface area contributed by atoms with Crippen LogP contribution in [0, 0.1) is 6.92 Å². The van der Waals surface area contributed by atoms with E-state index in [2.05, 4.69) is 43.4 Å². The highest BCUT2D eigenvalue weighted by Crippen LogP contribution is 2.23.